The number of tetrazole rings is 1. The van der Waals surface area contributed by atoms with Crippen molar-refractivity contribution in [3.63, 3.8) is 0 Å². The molecule has 11 heteroatoms. The Morgan fingerprint density at radius 2 is 1.82 bits per heavy atom. The predicted octanol–water partition coefficient (Wildman–Crippen LogP) is 3.61. The van der Waals surface area contributed by atoms with E-state index in [2.05, 4.69) is 30.7 Å². The summed E-state index contributed by atoms with van der Waals surface area (Å²) < 4.78 is 8.50. The van der Waals surface area contributed by atoms with Gasteiger partial charge < -0.3 is 9.84 Å². The van der Waals surface area contributed by atoms with Gasteiger partial charge in [0.2, 0.25) is 11.7 Å². The van der Waals surface area contributed by atoms with Gasteiger partial charge >= 0.3 is 6.16 Å². The molecule has 5 aromatic rings. The van der Waals surface area contributed by atoms with Gasteiger partial charge in [0.25, 0.3) is 0 Å². The van der Waals surface area contributed by atoms with Crippen LogP contribution in [-0.2, 0) is 19.4 Å². The van der Waals surface area contributed by atoms with Crippen LogP contribution in [0.5, 0.6) is 5.88 Å². The molecule has 0 unspecified atom stereocenters. The first-order valence-electron chi connectivity index (χ1n) is 10.9. The van der Waals surface area contributed by atoms with Gasteiger partial charge in [-0.15, -0.1) is 19.9 Å². The summed E-state index contributed by atoms with van der Waals surface area (Å²) in [6, 6.07) is 15.8. The number of rotatable bonds is 7. The van der Waals surface area contributed by atoms with Gasteiger partial charge in [0, 0.05) is 12.0 Å². The molecule has 0 saturated carbocycles. The molecule has 0 radical (unpaired) electrons. The van der Waals surface area contributed by atoms with E-state index < -0.39 is 6.16 Å². The maximum absolute atomic E-state index is 11.4. The first kappa shape index (κ1) is 21.3. The quantitative estimate of drug-likeness (QED) is 0.353. The number of benzene rings is 2. The molecule has 2 aromatic carbocycles. The predicted molar refractivity (Wildman–Crippen MR) is 123 cm³/mol. The van der Waals surface area contributed by atoms with Crippen LogP contribution < -0.4 is 4.74 Å². The minimum Gasteiger partial charge on any atom is -0.449 e. The average molecular weight is 458 g/mol. The Morgan fingerprint density at radius 1 is 1.06 bits per heavy atom. The van der Waals surface area contributed by atoms with Crippen molar-refractivity contribution in [1.82, 2.24) is 40.0 Å². The van der Waals surface area contributed by atoms with E-state index in [9.17, 15) is 9.90 Å². The Bertz CT molecular complexity index is 1450. The lowest BCUT2D eigenvalue weighted by atomic mass is 9.98. The van der Waals surface area contributed by atoms with Crippen LogP contribution in [0.25, 0.3) is 28.2 Å². The summed E-state index contributed by atoms with van der Waals surface area (Å²) in [6.45, 7) is 4.27. The van der Waals surface area contributed by atoms with Crippen LogP contribution in [0.15, 0.2) is 48.5 Å². The Morgan fingerprint density at radius 3 is 2.47 bits per heavy atom. The molecule has 0 spiro atoms. The van der Waals surface area contributed by atoms with E-state index in [-0.39, 0.29) is 5.88 Å². The minimum atomic E-state index is -1.37. The lowest BCUT2D eigenvalue weighted by molar-refractivity contribution is 0.139. The number of H-pyrrole nitrogens is 1. The highest BCUT2D eigenvalue weighted by atomic mass is 16.7. The Kier molecular flexibility index (Phi) is 5.50. The van der Waals surface area contributed by atoms with Gasteiger partial charge in [-0.1, -0.05) is 62.4 Å². The molecule has 0 amide bonds. The molecule has 0 aliphatic carbocycles. The first-order valence-corrected chi connectivity index (χ1v) is 10.9. The number of ether oxygens (including phenoxy) is 1. The maximum Gasteiger partial charge on any atom is 0.512 e. The zero-order valence-electron chi connectivity index (χ0n) is 18.6. The molecule has 3 aromatic heterocycles. The third-order valence-corrected chi connectivity index (χ3v) is 5.59. The van der Waals surface area contributed by atoms with Crippen LogP contribution in [0.2, 0.25) is 0 Å². The molecular formula is C23H22N8O3. The molecule has 0 fully saturated rings. The van der Waals surface area contributed by atoms with Crippen molar-refractivity contribution in [3.8, 4) is 28.4 Å². The van der Waals surface area contributed by atoms with Crippen LogP contribution in [-0.4, -0.2) is 51.3 Å². The lowest BCUT2D eigenvalue weighted by Gasteiger charge is -2.11. The Balaban J connectivity index is 1.52. The van der Waals surface area contributed by atoms with Gasteiger partial charge in [0.05, 0.1) is 12.1 Å². The fourth-order valence-corrected chi connectivity index (χ4v) is 4.00. The summed E-state index contributed by atoms with van der Waals surface area (Å²) in [5.41, 5.74) is 5.11. The topological polar surface area (TPSA) is 136 Å². The highest BCUT2D eigenvalue weighted by Crippen LogP contribution is 2.31. The Hall–Kier alpha value is -4.54. The van der Waals surface area contributed by atoms with Gasteiger partial charge in [0.15, 0.2) is 11.5 Å². The van der Waals surface area contributed by atoms with Gasteiger partial charge in [-0.05, 0) is 28.3 Å². The summed E-state index contributed by atoms with van der Waals surface area (Å²) in [4.78, 5) is 16.0. The standard InChI is InChI=1S/C23H22N8O3/c1-3-16-21-24-19(4-2)27-31(21)30(22(16)34-23(32)33)13-14-9-11-15(12-10-14)17-7-5-6-8-18(17)20-25-28-29-26-20/h5-12H,3-4,13H2,1-2H3,(H,32,33)(H,25,26,28,29). The second-order valence-corrected chi connectivity index (χ2v) is 7.64. The third-order valence-electron chi connectivity index (χ3n) is 5.59. The van der Waals surface area contributed by atoms with E-state index in [1.165, 1.54) is 0 Å². The number of aromatic nitrogens is 8. The summed E-state index contributed by atoms with van der Waals surface area (Å²) in [5, 5.41) is 28.2. The molecule has 2 N–H and O–H groups in total. The van der Waals surface area contributed by atoms with Gasteiger partial charge in [-0.25, -0.2) is 14.5 Å². The van der Waals surface area contributed by atoms with Crippen LogP contribution in [0, 0.1) is 0 Å². The largest absolute Gasteiger partial charge is 0.512 e. The summed E-state index contributed by atoms with van der Waals surface area (Å²) in [6.07, 6.45) is -0.137. The van der Waals surface area contributed by atoms with Crippen molar-refractivity contribution in [3.05, 3.63) is 65.5 Å². The van der Waals surface area contributed by atoms with Gasteiger partial charge in [-0.3, -0.25) is 0 Å². The van der Waals surface area contributed by atoms with E-state index in [1.807, 2.05) is 62.4 Å². The lowest BCUT2D eigenvalue weighted by Crippen LogP contribution is -2.14. The summed E-state index contributed by atoms with van der Waals surface area (Å²) in [5.74, 6) is 1.45. The van der Waals surface area contributed by atoms with Crippen molar-refractivity contribution in [1.29, 1.82) is 0 Å². The molecule has 0 aliphatic heterocycles. The molecule has 172 valence electrons. The highest BCUT2D eigenvalue weighted by Gasteiger charge is 2.23. The molecule has 0 saturated heterocycles. The van der Waals surface area contributed by atoms with Crippen molar-refractivity contribution in [2.75, 3.05) is 0 Å². The number of nitrogens with one attached hydrogen (secondary N) is 1. The molecule has 0 aliphatic rings. The normalized spacial score (nSPS) is 11.2. The van der Waals surface area contributed by atoms with Crippen molar-refractivity contribution >= 4 is 11.8 Å². The van der Waals surface area contributed by atoms with Gasteiger partial charge in [-0.2, -0.15) is 5.21 Å². The van der Waals surface area contributed by atoms with Crippen LogP contribution in [0.3, 0.4) is 0 Å². The number of carbonyl (C=O) groups is 1. The first-order chi connectivity index (χ1) is 16.6. The molecule has 11 nitrogen and oxygen atoms in total. The zero-order valence-corrected chi connectivity index (χ0v) is 18.6. The van der Waals surface area contributed by atoms with E-state index in [1.54, 1.807) is 9.31 Å². The van der Waals surface area contributed by atoms with E-state index in [0.717, 1.165) is 22.3 Å². The third kappa shape index (κ3) is 3.76. The molecule has 0 bridgehead atoms. The second-order valence-electron chi connectivity index (χ2n) is 7.64. The molecule has 0 atom stereocenters. The molecule has 5 rings (SSSR count). The van der Waals surface area contributed by atoms with Crippen molar-refractivity contribution in [2.24, 2.45) is 0 Å². The van der Waals surface area contributed by atoms with Crippen LogP contribution in [0.1, 0.15) is 30.8 Å². The number of hydrogen-bond donors (Lipinski definition) is 2. The maximum atomic E-state index is 11.4. The number of hydrogen-bond acceptors (Lipinski definition) is 7. The fourth-order valence-electron chi connectivity index (χ4n) is 4.00. The fraction of sp³-hybridized carbons (Fsp3) is 0.217. The SMILES string of the molecule is CCc1nc2c(CC)c(OC(=O)O)n(Cc3ccc(-c4ccccc4-c4nn[nH]n4)cc3)n2n1. The van der Waals surface area contributed by atoms with Crippen LogP contribution >= 0.6 is 0 Å². The van der Waals surface area contributed by atoms with E-state index in [0.29, 0.717) is 42.2 Å². The van der Waals surface area contributed by atoms with Gasteiger partial charge in [0.1, 0.15) is 0 Å². The molecule has 3 heterocycles. The summed E-state index contributed by atoms with van der Waals surface area (Å²) >= 11 is 0. The number of nitrogens with zero attached hydrogens (tertiary/aromatic N) is 7. The number of fused-ring (bicyclic) bond motifs is 1. The number of carboxylic acid groups (broad SMARTS) is 1. The second kappa shape index (κ2) is 8.77. The average Bonchev–Trinajstić information content (AvgIpc) is 3.57. The molecular weight excluding hydrogens is 436 g/mol. The molecule has 34 heavy (non-hydrogen) atoms. The number of aryl methyl sites for hydroxylation is 2. The minimum absolute atomic E-state index is 0.235. The smallest absolute Gasteiger partial charge is 0.449 e. The highest BCUT2D eigenvalue weighted by molar-refractivity contribution is 5.80. The summed E-state index contributed by atoms with van der Waals surface area (Å²) in [7, 11) is 0. The monoisotopic (exact) mass is 458 g/mol. The van der Waals surface area contributed by atoms with Crippen LogP contribution in [0.4, 0.5) is 4.79 Å². The zero-order chi connectivity index (χ0) is 23.7. The Labute approximate surface area is 194 Å². The van der Waals surface area contributed by atoms with Crippen molar-refractivity contribution < 1.29 is 14.6 Å². The van der Waals surface area contributed by atoms with E-state index in [4.69, 9.17) is 4.74 Å². The van der Waals surface area contributed by atoms with E-state index >= 15 is 0 Å². The number of aromatic amines is 1. The van der Waals surface area contributed by atoms with Crippen molar-refractivity contribution in [2.45, 2.75) is 33.2 Å².